The van der Waals surface area contributed by atoms with Crippen molar-refractivity contribution < 1.29 is 14.3 Å². The van der Waals surface area contributed by atoms with Gasteiger partial charge in [0.15, 0.2) is 0 Å². The monoisotopic (exact) mass is 394 g/mol. The molecule has 7 heteroatoms. The third-order valence-electron chi connectivity index (χ3n) is 4.89. The molecule has 0 aliphatic heterocycles. The van der Waals surface area contributed by atoms with Gasteiger partial charge >= 0.3 is 0 Å². The number of benzene rings is 2. The van der Waals surface area contributed by atoms with E-state index in [0.29, 0.717) is 11.3 Å². The van der Waals surface area contributed by atoms with Crippen LogP contribution >= 0.6 is 0 Å². The van der Waals surface area contributed by atoms with Crippen molar-refractivity contribution >= 4 is 22.8 Å². The van der Waals surface area contributed by atoms with Gasteiger partial charge in [0, 0.05) is 7.05 Å². The second kappa shape index (κ2) is 8.77. The molecule has 0 aliphatic carbocycles. The summed E-state index contributed by atoms with van der Waals surface area (Å²) in [6.07, 6.45) is 0. The topological polar surface area (TPSA) is 85.2 Å². The number of hydrogen-bond acceptors (Lipinski definition) is 4. The van der Waals surface area contributed by atoms with Gasteiger partial charge in [-0.2, -0.15) is 0 Å². The van der Waals surface area contributed by atoms with E-state index in [0.717, 1.165) is 16.9 Å². The van der Waals surface area contributed by atoms with E-state index < -0.39 is 6.04 Å². The molecule has 7 nitrogen and oxygen atoms in total. The van der Waals surface area contributed by atoms with Gasteiger partial charge in [0.2, 0.25) is 5.91 Å². The number of amides is 2. The van der Waals surface area contributed by atoms with Crippen molar-refractivity contribution in [2.24, 2.45) is 13.0 Å². The Morgan fingerprint density at radius 2 is 1.79 bits per heavy atom. The lowest BCUT2D eigenvalue weighted by molar-refractivity contribution is -0.124. The number of ether oxygens (including phenoxy) is 1. The van der Waals surface area contributed by atoms with Gasteiger partial charge in [0.1, 0.15) is 17.6 Å². The zero-order chi connectivity index (χ0) is 21.0. The molecule has 1 unspecified atom stereocenters. The van der Waals surface area contributed by atoms with Crippen molar-refractivity contribution in [3.05, 3.63) is 59.9 Å². The van der Waals surface area contributed by atoms with Gasteiger partial charge in [-0.1, -0.05) is 38.1 Å². The van der Waals surface area contributed by atoms with Crippen LogP contribution in [0.3, 0.4) is 0 Å². The smallest absolute Gasteiger partial charge is 0.255 e. The summed E-state index contributed by atoms with van der Waals surface area (Å²) < 4.78 is 7.20. The minimum atomic E-state index is -0.679. The number of carbonyl (C=O) groups excluding carboxylic acids is 2. The first-order valence-electron chi connectivity index (χ1n) is 9.54. The summed E-state index contributed by atoms with van der Waals surface area (Å²) in [6.45, 7) is 4.06. The number of aryl methyl sites for hydroxylation is 1. The molecule has 3 rings (SSSR count). The van der Waals surface area contributed by atoms with Gasteiger partial charge in [-0.15, -0.1) is 0 Å². The molecular formula is C22H26N4O3. The minimum absolute atomic E-state index is 0.0888. The molecule has 0 saturated carbocycles. The maximum absolute atomic E-state index is 12.8. The second-order valence-electron chi connectivity index (χ2n) is 7.19. The van der Waals surface area contributed by atoms with Crippen LogP contribution in [0.5, 0.6) is 5.75 Å². The van der Waals surface area contributed by atoms with Crippen LogP contribution in [0.4, 0.5) is 0 Å². The highest BCUT2D eigenvalue weighted by atomic mass is 16.5. The van der Waals surface area contributed by atoms with Gasteiger partial charge in [-0.05, 0) is 30.2 Å². The van der Waals surface area contributed by atoms with E-state index in [4.69, 9.17) is 4.74 Å². The molecule has 0 spiro atoms. The summed E-state index contributed by atoms with van der Waals surface area (Å²) >= 11 is 0. The highest BCUT2D eigenvalue weighted by Gasteiger charge is 2.26. The summed E-state index contributed by atoms with van der Waals surface area (Å²) in [5, 5.41) is 5.73. The highest BCUT2D eigenvalue weighted by Crippen LogP contribution is 2.18. The predicted molar refractivity (Wildman–Crippen MR) is 112 cm³/mol. The van der Waals surface area contributed by atoms with Crippen molar-refractivity contribution in [3.63, 3.8) is 0 Å². The second-order valence-corrected chi connectivity index (χ2v) is 7.19. The maximum atomic E-state index is 12.8. The normalized spacial score (nSPS) is 12.0. The van der Waals surface area contributed by atoms with E-state index in [9.17, 15) is 9.59 Å². The summed E-state index contributed by atoms with van der Waals surface area (Å²) in [7, 11) is 3.43. The average molecular weight is 394 g/mol. The number of imidazole rings is 1. The van der Waals surface area contributed by atoms with E-state index >= 15 is 0 Å². The lowest BCUT2D eigenvalue weighted by Gasteiger charge is -2.22. The molecular weight excluding hydrogens is 368 g/mol. The van der Waals surface area contributed by atoms with Gasteiger partial charge in [0.05, 0.1) is 30.3 Å². The minimum Gasteiger partial charge on any atom is -0.496 e. The molecule has 0 saturated heterocycles. The number of nitrogens with zero attached hydrogens (tertiary/aromatic N) is 2. The molecule has 1 aromatic heterocycles. The fourth-order valence-electron chi connectivity index (χ4n) is 3.22. The Balaban J connectivity index is 1.70. The molecule has 0 aliphatic rings. The first-order chi connectivity index (χ1) is 13.9. The molecule has 0 fully saturated rings. The number of aromatic nitrogens is 2. The molecule has 0 radical (unpaired) electrons. The largest absolute Gasteiger partial charge is 0.496 e. The maximum Gasteiger partial charge on any atom is 0.255 e. The number of para-hydroxylation sites is 3. The molecule has 29 heavy (non-hydrogen) atoms. The molecule has 2 aromatic carbocycles. The molecule has 3 aromatic rings. The van der Waals surface area contributed by atoms with Gasteiger partial charge in [-0.3, -0.25) is 9.59 Å². The fourth-order valence-corrected chi connectivity index (χ4v) is 3.22. The van der Waals surface area contributed by atoms with Gasteiger partial charge in [0.25, 0.3) is 5.91 Å². The number of methoxy groups -OCH3 is 1. The highest BCUT2D eigenvalue weighted by molar-refractivity contribution is 5.99. The van der Waals surface area contributed by atoms with Crippen molar-refractivity contribution in [1.82, 2.24) is 20.2 Å². The van der Waals surface area contributed by atoms with Crippen LogP contribution in [0.25, 0.3) is 11.0 Å². The fraction of sp³-hybridized carbons (Fsp3) is 0.318. The van der Waals surface area contributed by atoms with Crippen molar-refractivity contribution in [1.29, 1.82) is 0 Å². The molecule has 1 heterocycles. The van der Waals surface area contributed by atoms with Crippen LogP contribution in [0.2, 0.25) is 0 Å². The average Bonchev–Trinajstić information content (AvgIpc) is 3.05. The van der Waals surface area contributed by atoms with E-state index in [-0.39, 0.29) is 24.3 Å². The lowest BCUT2D eigenvalue weighted by Crippen LogP contribution is -2.49. The Morgan fingerprint density at radius 1 is 1.10 bits per heavy atom. The van der Waals surface area contributed by atoms with Crippen LogP contribution in [0.1, 0.15) is 30.0 Å². The van der Waals surface area contributed by atoms with Crippen molar-refractivity contribution in [2.75, 3.05) is 7.11 Å². The third-order valence-corrected chi connectivity index (χ3v) is 4.89. The lowest BCUT2D eigenvalue weighted by atomic mass is 10.0. The number of rotatable bonds is 7. The van der Waals surface area contributed by atoms with Crippen LogP contribution in [0, 0.1) is 5.92 Å². The first-order valence-corrected chi connectivity index (χ1v) is 9.54. The standard InChI is InChI=1S/C22H26N4O3/c1-14(2)20(25-21(27)15-9-5-8-12-18(15)29-4)22(28)23-13-19-24-16-10-6-7-11-17(16)26(19)3/h5-12,14,20H,13H2,1-4H3,(H,23,28)(H,25,27). The number of fused-ring (bicyclic) bond motifs is 1. The van der Waals surface area contributed by atoms with E-state index in [1.165, 1.54) is 7.11 Å². The molecule has 2 N–H and O–H groups in total. The Hall–Kier alpha value is -3.35. The summed E-state index contributed by atoms with van der Waals surface area (Å²) in [5.74, 6) is 0.522. The number of nitrogens with one attached hydrogen (secondary N) is 2. The zero-order valence-electron chi connectivity index (χ0n) is 17.1. The molecule has 2 amide bonds. The zero-order valence-corrected chi connectivity index (χ0v) is 17.1. The Morgan fingerprint density at radius 3 is 2.48 bits per heavy atom. The number of carbonyl (C=O) groups is 2. The molecule has 1 atom stereocenters. The van der Waals surface area contributed by atoms with E-state index in [2.05, 4.69) is 15.6 Å². The van der Waals surface area contributed by atoms with Gasteiger partial charge in [-0.25, -0.2) is 4.98 Å². The predicted octanol–water partition coefficient (Wildman–Crippen LogP) is 2.65. The Bertz CT molecular complexity index is 1030. The van der Waals surface area contributed by atoms with Crippen molar-refractivity contribution in [3.8, 4) is 5.75 Å². The Kier molecular flexibility index (Phi) is 6.16. The van der Waals surface area contributed by atoms with Crippen LogP contribution in [0.15, 0.2) is 48.5 Å². The summed E-state index contributed by atoms with van der Waals surface area (Å²) in [6, 6.07) is 14.1. The van der Waals surface area contributed by atoms with E-state index in [1.807, 2.05) is 49.7 Å². The van der Waals surface area contributed by atoms with Crippen molar-refractivity contribution in [2.45, 2.75) is 26.4 Å². The van der Waals surface area contributed by atoms with Crippen LogP contribution in [-0.2, 0) is 18.4 Å². The van der Waals surface area contributed by atoms with E-state index in [1.54, 1.807) is 24.3 Å². The quantitative estimate of drug-likeness (QED) is 0.645. The molecule has 0 bridgehead atoms. The summed E-state index contributed by atoms with van der Waals surface area (Å²) in [5.41, 5.74) is 2.27. The number of hydrogen-bond donors (Lipinski definition) is 2. The van der Waals surface area contributed by atoms with Crippen LogP contribution < -0.4 is 15.4 Å². The SMILES string of the molecule is COc1ccccc1C(=O)NC(C(=O)NCc1nc2ccccc2n1C)C(C)C. The van der Waals surface area contributed by atoms with Crippen LogP contribution in [-0.4, -0.2) is 34.5 Å². The van der Waals surface area contributed by atoms with Gasteiger partial charge < -0.3 is 19.9 Å². The first kappa shape index (κ1) is 20.4. The Labute approximate surface area is 170 Å². The third kappa shape index (κ3) is 4.39. The molecule has 152 valence electrons. The summed E-state index contributed by atoms with van der Waals surface area (Å²) in [4.78, 5) is 30.1.